The topological polar surface area (TPSA) is 24.1 Å². The van der Waals surface area contributed by atoms with Gasteiger partial charge in [0, 0.05) is 5.69 Å². The lowest BCUT2D eigenvalue weighted by molar-refractivity contribution is -0.137. The van der Waals surface area contributed by atoms with Crippen molar-refractivity contribution < 1.29 is 13.2 Å². The Hall–Kier alpha value is -1.23. The first-order valence-corrected chi connectivity index (χ1v) is 4.10. The molecule has 2 N–H and O–H groups in total. The van der Waals surface area contributed by atoms with Gasteiger partial charge in [0.05, 0.1) is 12.2 Å². The van der Waals surface area contributed by atoms with Crippen LogP contribution >= 0.6 is 0 Å². The number of alkyl halides is 3. The van der Waals surface area contributed by atoms with E-state index in [0.717, 1.165) is 12.1 Å². The van der Waals surface area contributed by atoms with E-state index >= 15 is 0 Å². The van der Waals surface area contributed by atoms with Crippen LogP contribution < -0.4 is 10.6 Å². The molecule has 0 spiro atoms. The van der Waals surface area contributed by atoms with E-state index in [-0.39, 0.29) is 0 Å². The Bertz CT molecular complexity index is 296. The number of benzene rings is 1. The predicted octanol–water partition coefficient (Wildman–Crippen LogP) is 2.29. The van der Waals surface area contributed by atoms with Crippen molar-refractivity contribution in [2.75, 3.05) is 19.0 Å². The Balaban J connectivity index is 2.79. The van der Waals surface area contributed by atoms with Crippen LogP contribution in [0.2, 0.25) is 0 Å². The molecule has 0 bridgehead atoms. The van der Waals surface area contributed by atoms with Crippen molar-refractivity contribution in [1.29, 1.82) is 0 Å². The molecular formula is C9H11F3N2. The van der Waals surface area contributed by atoms with Gasteiger partial charge in [-0.2, -0.15) is 13.2 Å². The van der Waals surface area contributed by atoms with E-state index in [0.29, 0.717) is 12.4 Å². The molecule has 0 unspecified atom stereocenters. The number of rotatable bonds is 3. The maximum atomic E-state index is 12.2. The molecule has 14 heavy (non-hydrogen) atoms. The third-order valence-corrected chi connectivity index (χ3v) is 1.66. The van der Waals surface area contributed by atoms with Gasteiger partial charge in [0.2, 0.25) is 0 Å². The second kappa shape index (κ2) is 4.32. The van der Waals surface area contributed by atoms with Crippen LogP contribution in [0.3, 0.4) is 0 Å². The van der Waals surface area contributed by atoms with Crippen LogP contribution in [0.15, 0.2) is 24.3 Å². The SMILES string of the molecule is CNCNc1cccc(C(F)(F)F)c1. The van der Waals surface area contributed by atoms with Crippen LogP contribution in [0.1, 0.15) is 5.56 Å². The molecule has 0 aliphatic rings. The molecular weight excluding hydrogens is 193 g/mol. The highest BCUT2D eigenvalue weighted by Crippen LogP contribution is 2.30. The van der Waals surface area contributed by atoms with Crippen molar-refractivity contribution in [3.05, 3.63) is 29.8 Å². The monoisotopic (exact) mass is 204 g/mol. The molecule has 0 radical (unpaired) electrons. The van der Waals surface area contributed by atoms with Crippen molar-refractivity contribution in [1.82, 2.24) is 5.32 Å². The van der Waals surface area contributed by atoms with E-state index in [1.54, 1.807) is 13.1 Å². The minimum atomic E-state index is -4.28. The summed E-state index contributed by atoms with van der Waals surface area (Å²) in [5.41, 5.74) is -0.187. The largest absolute Gasteiger partial charge is 0.416 e. The highest BCUT2D eigenvalue weighted by Gasteiger charge is 2.30. The summed E-state index contributed by atoms with van der Waals surface area (Å²) in [4.78, 5) is 0. The van der Waals surface area contributed by atoms with Crippen LogP contribution in [0.5, 0.6) is 0 Å². The number of anilines is 1. The first kappa shape index (κ1) is 10.8. The standard InChI is InChI=1S/C9H11F3N2/c1-13-6-14-8-4-2-3-7(5-8)9(10,11)12/h2-5,13-14H,6H2,1H3. The Labute approximate surface area is 80.1 Å². The Morgan fingerprint density at radius 2 is 2.00 bits per heavy atom. The van der Waals surface area contributed by atoms with E-state index in [9.17, 15) is 13.2 Å². The molecule has 1 rings (SSSR count). The fraction of sp³-hybridized carbons (Fsp3) is 0.333. The Kier molecular flexibility index (Phi) is 3.35. The third-order valence-electron chi connectivity index (χ3n) is 1.66. The van der Waals surface area contributed by atoms with E-state index in [4.69, 9.17) is 0 Å². The maximum absolute atomic E-state index is 12.2. The molecule has 0 saturated carbocycles. The third kappa shape index (κ3) is 2.92. The van der Waals surface area contributed by atoms with Crippen LogP contribution in [0, 0.1) is 0 Å². The first-order valence-electron chi connectivity index (χ1n) is 4.10. The summed E-state index contributed by atoms with van der Waals surface area (Å²) < 4.78 is 36.7. The van der Waals surface area contributed by atoms with Crippen molar-refractivity contribution in [2.45, 2.75) is 6.18 Å². The average Bonchev–Trinajstić information content (AvgIpc) is 2.14. The van der Waals surface area contributed by atoms with Crippen LogP contribution in [0.25, 0.3) is 0 Å². The number of hydrogen-bond donors (Lipinski definition) is 2. The summed E-state index contributed by atoms with van der Waals surface area (Å²) in [5, 5.41) is 5.58. The predicted molar refractivity (Wildman–Crippen MR) is 49.0 cm³/mol. The number of hydrogen-bond acceptors (Lipinski definition) is 2. The van der Waals surface area contributed by atoms with Gasteiger partial charge in [0.25, 0.3) is 0 Å². The smallest absolute Gasteiger partial charge is 0.372 e. The lowest BCUT2D eigenvalue weighted by Crippen LogP contribution is -2.17. The van der Waals surface area contributed by atoms with E-state index < -0.39 is 11.7 Å². The normalized spacial score (nSPS) is 11.4. The second-order valence-electron chi connectivity index (χ2n) is 2.79. The lowest BCUT2D eigenvalue weighted by Gasteiger charge is -2.09. The maximum Gasteiger partial charge on any atom is 0.416 e. The number of nitrogens with one attached hydrogen (secondary N) is 2. The van der Waals surface area contributed by atoms with Gasteiger partial charge in [-0.25, -0.2) is 0 Å². The van der Waals surface area contributed by atoms with E-state index in [2.05, 4.69) is 10.6 Å². The Morgan fingerprint density at radius 3 is 2.57 bits per heavy atom. The molecule has 0 saturated heterocycles. The summed E-state index contributed by atoms with van der Waals surface area (Å²) >= 11 is 0. The van der Waals surface area contributed by atoms with Crippen molar-refractivity contribution in [2.24, 2.45) is 0 Å². The summed E-state index contributed by atoms with van der Waals surface area (Å²) in [6, 6.07) is 5.09. The average molecular weight is 204 g/mol. The second-order valence-corrected chi connectivity index (χ2v) is 2.79. The molecule has 0 aliphatic carbocycles. The van der Waals surface area contributed by atoms with Gasteiger partial charge in [-0.05, 0) is 25.2 Å². The summed E-state index contributed by atoms with van der Waals surface area (Å²) in [6.07, 6.45) is -4.28. The number of halogens is 3. The fourth-order valence-corrected chi connectivity index (χ4v) is 0.996. The molecule has 0 fully saturated rings. The van der Waals surface area contributed by atoms with Gasteiger partial charge in [-0.15, -0.1) is 0 Å². The first-order chi connectivity index (χ1) is 6.54. The molecule has 0 aliphatic heterocycles. The molecule has 2 nitrogen and oxygen atoms in total. The molecule has 0 atom stereocenters. The Morgan fingerprint density at radius 1 is 1.29 bits per heavy atom. The zero-order chi connectivity index (χ0) is 10.6. The molecule has 0 amide bonds. The minimum absolute atomic E-state index is 0.432. The van der Waals surface area contributed by atoms with E-state index in [1.165, 1.54) is 6.07 Å². The summed E-state index contributed by atoms with van der Waals surface area (Å²) in [7, 11) is 1.71. The van der Waals surface area contributed by atoms with Crippen molar-refractivity contribution in [3.8, 4) is 0 Å². The molecule has 78 valence electrons. The van der Waals surface area contributed by atoms with Gasteiger partial charge in [0.1, 0.15) is 0 Å². The van der Waals surface area contributed by atoms with Gasteiger partial charge in [-0.3, -0.25) is 0 Å². The van der Waals surface area contributed by atoms with Crippen molar-refractivity contribution in [3.63, 3.8) is 0 Å². The minimum Gasteiger partial charge on any atom is -0.372 e. The summed E-state index contributed by atoms with van der Waals surface area (Å²) in [6.45, 7) is 0.432. The van der Waals surface area contributed by atoms with Crippen LogP contribution in [0.4, 0.5) is 18.9 Å². The zero-order valence-corrected chi connectivity index (χ0v) is 7.65. The zero-order valence-electron chi connectivity index (χ0n) is 7.65. The van der Waals surface area contributed by atoms with Gasteiger partial charge >= 0.3 is 6.18 Å². The summed E-state index contributed by atoms with van der Waals surface area (Å²) in [5.74, 6) is 0. The highest BCUT2D eigenvalue weighted by atomic mass is 19.4. The highest BCUT2D eigenvalue weighted by molar-refractivity contribution is 5.46. The quantitative estimate of drug-likeness (QED) is 0.738. The molecule has 0 aromatic heterocycles. The van der Waals surface area contributed by atoms with Crippen LogP contribution in [-0.2, 0) is 6.18 Å². The lowest BCUT2D eigenvalue weighted by atomic mass is 10.2. The van der Waals surface area contributed by atoms with Crippen molar-refractivity contribution >= 4 is 5.69 Å². The van der Waals surface area contributed by atoms with Gasteiger partial charge in [0.15, 0.2) is 0 Å². The van der Waals surface area contributed by atoms with Gasteiger partial charge < -0.3 is 10.6 Å². The molecule has 1 aromatic rings. The molecule has 5 heteroatoms. The van der Waals surface area contributed by atoms with Crippen LogP contribution in [-0.4, -0.2) is 13.7 Å². The van der Waals surface area contributed by atoms with E-state index in [1.807, 2.05) is 0 Å². The fourth-order valence-electron chi connectivity index (χ4n) is 0.996. The van der Waals surface area contributed by atoms with Gasteiger partial charge in [-0.1, -0.05) is 6.07 Å². The molecule has 1 aromatic carbocycles. The molecule has 0 heterocycles.